The van der Waals surface area contributed by atoms with Crippen LogP contribution in [0.3, 0.4) is 0 Å². The van der Waals surface area contributed by atoms with Gasteiger partial charge in [0.1, 0.15) is 5.75 Å². The first-order valence-corrected chi connectivity index (χ1v) is 4.73. The molecule has 0 fully saturated rings. The van der Waals surface area contributed by atoms with E-state index in [-0.39, 0.29) is 12.3 Å². The lowest BCUT2D eigenvalue weighted by Gasteiger charge is -2.16. The number of hydrogen-bond donors (Lipinski definition) is 3. The number of hydrogen-bond acceptors (Lipinski definition) is 3. The van der Waals surface area contributed by atoms with E-state index in [0.29, 0.717) is 21.7 Å². The number of nitrogens with two attached hydrogens (primary N) is 1. The first kappa shape index (κ1) is 11.3. The van der Waals surface area contributed by atoms with Crippen molar-refractivity contribution in [3.05, 3.63) is 27.8 Å². The molecule has 0 aliphatic carbocycles. The molecule has 0 saturated heterocycles. The molecule has 0 aromatic heterocycles. The Morgan fingerprint density at radius 3 is 2.57 bits per heavy atom. The third kappa shape index (κ3) is 1.85. The molecule has 4 heteroatoms. The second-order valence-electron chi connectivity index (χ2n) is 3.31. The molecule has 0 aliphatic heterocycles. The van der Waals surface area contributed by atoms with Gasteiger partial charge < -0.3 is 15.9 Å². The largest absolute Gasteiger partial charge is 0.507 e. The first-order valence-electron chi connectivity index (χ1n) is 4.35. The fourth-order valence-corrected chi connectivity index (χ4v) is 1.68. The van der Waals surface area contributed by atoms with Crippen LogP contribution in [0, 0.1) is 13.8 Å². The van der Waals surface area contributed by atoms with Crippen LogP contribution in [0.4, 0.5) is 0 Å². The van der Waals surface area contributed by atoms with Crippen LogP contribution in [0.15, 0.2) is 6.07 Å². The van der Waals surface area contributed by atoms with Crippen molar-refractivity contribution in [2.24, 2.45) is 5.73 Å². The number of phenolic OH excluding ortho intramolecular Hbond substituents is 1. The van der Waals surface area contributed by atoms with Crippen LogP contribution in [0.25, 0.3) is 0 Å². The van der Waals surface area contributed by atoms with E-state index in [1.807, 2.05) is 0 Å². The van der Waals surface area contributed by atoms with Crippen LogP contribution in [-0.2, 0) is 0 Å². The summed E-state index contributed by atoms with van der Waals surface area (Å²) in [6, 6.07) is 1.67. The summed E-state index contributed by atoms with van der Waals surface area (Å²) in [4.78, 5) is 0. The number of benzene rings is 1. The topological polar surface area (TPSA) is 66.5 Å². The predicted molar refractivity (Wildman–Crippen MR) is 56.6 cm³/mol. The summed E-state index contributed by atoms with van der Waals surface area (Å²) in [6.07, 6.45) is -0.868. The summed E-state index contributed by atoms with van der Waals surface area (Å²) >= 11 is 5.93. The van der Waals surface area contributed by atoms with E-state index in [0.717, 1.165) is 0 Å². The summed E-state index contributed by atoms with van der Waals surface area (Å²) in [5, 5.41) is 19.9. The van der Waals surface area contributed by atoms with Crippen molar-refractivity contribution in [1.29, 1.82) is 0 Å². The summed E-state index contributed by atoms with van der Waals surface area (Å²) in [5.74, 6) is 0.0739. The van der Waals surface area contributed by atoms with Gasteiger partial charge in [0, 0.05) is 17.1 Å². The SMILES string of the molecule is Cc1cc(Cl)c(C)c(C(O)CN)c1O. The monoisotopic (exact) mass is 215 g/mol. The normalized spacial score (nSPS) is 12.9. The Kier molecular flexibility index (Phi) is 3.37. The summed E-state index contributed by atoms with van der Waals surface area (Å²) in [5.41, 5.74) is 7.08. The first-order chi connectivity index (χ1) is 6.49. The zero-order valence-electron chi connectivity index (χ0n) is 8.21. The van der Waals surface area contributed by atoms with Gasteiger partial charge >= 0.3 is 0 Å². The second-order valence-corrected chi connectivity index (χ2v) is 3.72. The lowest BCUT2D eigenvalue weighted by Crippen LogP contribution is -2.13. The van der Waals surface area contributed by atoms with Gasteiger partial charge in [0.05, 0.1) is 6.10 Å². The van der Waals surface area contributed by atoms with Crippen LogP contribution >= 0.6 is 11.6 Å². The molecule has 14 heavy (non-hydrogen) atoms. The van der Waals surface area contributed by atoms with Gasteiger partial charge in [0.2, 0.25) is 0 Å². The van der Waals surface area contributed by atoms with Crippen molar-refractivity contribution >= 4 is 11.6 Å². The predicted octanol–water partition coefficient (Wildman–Crippen LogP) is 1.65. The van der Waals surface area contributed by atoms with E-state index < -0.39 is 6.10 Å². The number of aliphatic hydroxyl groups is 1. The molecule has 1 aromatic rings. The summed E-state index contributed by atoms with van der Waals surface area (Å²) in [6.45, 7) is 3.54. The van der Waals surface area contributed by atoms with Gasteiger partial charge in [-0.3, -0.25) is 0 Å². The van der Waals surface area contributed by atoms with Gasteiger partial charge in [0.25, 0.3) is 0 Å². The standard InChI is InChI=1S/C10H14ClNO2/c1-5-3-7(11)6(2)9(10(5)14)8(13)4-12/h3,8,13-14H,4,12H2,1-2H3. The van der Waals surface area contributed by atoms with E-state index in [9.17, 15) is 10.2 Å². The van der Waals surface area contributed by atoms with Gasteiger partial charge in [-0.15, -0.1) is 0 Å². The zero-order valence-corrected chi connectivity index (χ0v) is 8.97. The highest BCUT2D eigenvalue weighted by Crippen LogP contribution is 2.34. The smallest absolute Gasteiger partial charge is 0.124 e. The molecule has 0 bridgehead atoms. The van der Waals surface area contributed by atoms with E-state index >= 15 is 0 Å². The maximum Gasteiger partial charge on any atom is 0.124 e. The maximum absolute atomic E-state index is 9.73. The third-order valence-corrected chi connectivity index (χ3v) is 2.68. The molecular formula is C10H14ClNO2. The molecule has 1 aromatic carbocycles. The molecule has 0 spiro atoms. The van der Waals surface area contributed by atoms with E-state index in [1.54, 1.807) is 19.9 Å². The average molecular weight is 216 g/mol. The fraction of sp³-hybridized carbons (Fsp3) is 0.400. The minimum absolute atomic E-state index is 0.0637. The second kappa shape index (κ2) is 4.17. The molecule has 0 radical (unpaired) electrons. The Hall–Kier alpha value is -0.770. The number of aliphatic hydroxyl groups excluding tert-OH is 1. The highest BCUT2D eigenvalue weighted by atomic mass is 35.5. The Balaban J connectivity index is 3.39. The van der Waals surface area contributed by atoms with Gasteiger partial charge in [0.15, 0.2) is 0 Å². The summed E-state index contributed by atoms with van der Waals surface area (Å²) < 4.78 is 0. The van der Waals surface area contributed by atoms with Crippen molar-refractivity contribution in [3.8, 4) is 5.75 Å². The summed E-state index contributed by atoms with van der Waals surface area (Å²) in [7, 11) is 0. The fourth-order valence-electron chi connectivity index (χ4n) is 1.41. The van der Waals surface area contributed by atoms with E-state index in [4.69, 9.17) is 17.3 Å². The molecule has 3 nitrogen and oxygen atoms in total. The molecule has 78 valence electrons. The molecule has 0 amide bonds. The van der Waals surface area contributed by atoms with Crippen molar-refractivity contribution in [2.45, 2.75) is 20.0 Å². The lowest BCUT2D eigenvalue weighted by atomic mass is 9.99. The highest BCUT2D eigenvalue weighted by Gasteiger charge is 2.17. The molecule has 0 saturated carbocycles. The number of aromatic hydroxyl groups is 1. The quantitative estimate of drug-likeness (QED) is 0.703. The molecule has 0 heterocycles. The van der Waals surface area contributed by atoms with E-state index in [1.165, 1.54) is 0 Å². The number of phenols is 1. The molecule has 1 rings (SSSR count). The number of halogens is 1. The van der Waals surface area contributed by atoms with Crippen LogP contribution < -0.4 is 5.73 Å². The van der Waals surface area contributed by atoms with Crippen molar-refractivity contribution < 1.29 is 10.2 Å². The number of rotatable bonds is 2. The number of aryl methyl sites for hydroxylation is 1. The Morgan fingerprint density at radius 2 is 2.07 bits per heavy atom. The minimum atomic E-state index is -0.868. The molecule has 0 aliphatic rings. The Labute approximate surface area is 88.1 Å². The van der Waals surface area contributed by atoms with Crippen LogP contribution in [0.2, 0.25) is 5.02 Å². The lowest BCUT2D eigenvalue weighted by molar-refractivity contribution is 0.181. The Bertz CT molecular complexity index is 326. The maximum atomic E-state index is 9.73. The van der Waals surface area contributed by atoms with Crippen LogP contribution in [0.1, 0.15) is 22.8 Å². The Morgan fingerprint density at radius 1 is 1.50 bits per heavy atom. The molecular weight excluding hydrogens is 202 g/mol. The van der Waals surface area contributed by atoms with Crippen LogP contribution in [-0.4, -0.2) is 16.8 Å². The average Bonchev–Trinajstić information content (AvgIpc) is 2.15. The third-order valence-electron chi connectivity index (χ3n) is 2.29. The van der Waals surface area contributed by atoms with Crippen molar-refractivity contribution in [2.75, 3.05) is 6.54 Å². The highest BCUT2D eigenvalue weighted by molar-refractivity contribution is 6.31. The van der Waals surface area contributed by atoms with Gasteiger partial charge in [-0.1, -0.05) is 11.6 Å². The van der Waals surface area contributed by atoms with Crippen molar-refractivity contribution in [1.82, 2.24) is 0 Å². The molecule has 4 N–H and O–H groups in total. The molecule has 1 unspecified atom stereocenters. The van der Waals surface area contributed by atoms with Crippen molar-refractivity contribution in [3.63, 3.8) is 0 Å². The van der Waals surface area contributed by atoms with Crippen LogP contribution in [0.5, 0.6) is 5.75 Å². The van der Waals surface area contributed by atoms with Gasteiger partial charge in [-0.2, -0.15) is 0 Å². The minimum Gasteiger partial charge on any atom is -0.507 e. The zero-order chi connectivity index (χ0) is 10.9. The van der Waals surface area contributed by atoms with E-state index in [2.05, 4.69) is 0 Å². The van der Waals surface area contributed by atoms with Gasteiger partial charge in [-0.05, 0) is 31.0 Å². The van der Waals surface area contributed by atoms with Gasteiger partial charge in [-0.25, -0.2) is 0 Å². The molecule has 1 atom stereocenters.